The van der Waals surface area contributed by atoms with Gasteiger partial charge in [-0.05, 0) is 49.6 Å². The highest BCUT2D eigenvalue weighted by atomic mass is 16.7. The predicted octanol–water partition coefficient (Wildman–Crippen LogP) is 4.00. The molecule has 1 saturated heterocycles. The van der Waals surface area contributed by atoms with Crippen molar-refractivity contribution in [2.45, 2.75) is 26.4 Å². The lowest BCUT2D eigenvalue weighted by Crippen LogP contribution is -2.30. The van der Waals surface area contributed by atoms with Crippen LogP contribution >= 0.6 is 0 Å². The van der Waals surface area contributed by atoms with Crippen molar-refractivity contribution in [1.82, 2.24) is 0 Å². The molecular formula is C27H28O9. The minimum Gasteiger partial charge on any atom is -0.493 e. The third-order valence-electron chi connectivity index (χ3n) is 7.09. The first-order chi connectivity index (χ1) is 17.4. The lowest BCUT2D eigenvalue weighted by Gasteiger charge is -2.32. The number of fused-ring (bicyclic) bond motifs is 5. The molecule has 2 aromatic rings. The van der Waals surface area contributed by atoms with E-state index < -0.39 is 23.9 Å². The van der Waals surface area contributed by atoms with Crippen molar-refractivity contribution in [2.24, 2.45) is 11.8 Å². The van der Waals surface area contributed by atoms with Crippen molar-refractivity contribution in [2.75, 3.05) is 34.7 Å². The maximum atomic E-state index is 13.0. The smallest absolute Gasteiger partial charge is 0.333 e. The number of esters is 2. The average Bonchev–Trinajstić information content (AvgIpc) is 3.50. The Hall–Kier alpha value is -3.88. The Labute approximate surface area is 208 Å². The fourth-order valence-electron chi connectivity index (χ4n) is 5.13. The van der Waals surface area contributed by atoms with Crippen LogP contribution in [0.4, 0.5) is 0 Å². The minimum atomic E-state index is -0.778. The number of cyclic esters (lactones) is 1. The number of ether oxygens (including phenoxy) is 7. The zero-order chi connectivity index (χ0) is 25.6. The van der Waals surface area contributed by atoms with Gasteiger partial charge in [-0.25, -0.2) is 4.79 Å². The Kier molecular flexibility index (Phi) is 6.15. The molecule has 190 valence electrons. The number of benzene rings is 2. The normalized spacial score (nSPS) is 21.9. The highest BCUT2D eigenvalue weighted by Gasteiger charge is 2.47. The highest BCUT2D eigenvalue weighted by Crippen LogP contribution is 2.55. The summed E-state index contributed by atoms with van der Waals surface area (Å²) < 4.78 is 40.0. The van der Waals surface area contributed by atoms with E-state index in [1.807, 2.05) is 18.2 Å². The molecule has 1 fully saturated rings. The predicted molar refractivity (Wildman–Crippen MR) is 128 cm³/mol. The molecule has 2 heterocycles. The first-order valence-electron chi connectivity index (χ1n) is 11.7. The number of hydrogen-bond acceptors (Lipinski definition) is 9. The van der Waals surface area contributed by atoms with E-state index in [-0.39, 0.29) is 19.4 Å². The fraction of sp³-hybridized carbons (Fsp3) is 0.407. The topological polar surface area (TPSA) is 98.8 Å². The van der Waals surface area contributed by atoms with Crippen molar-refractivity contribution in [1.29, 1.82) is 0 Å². The maximum Gasteiger partial charge on any atom is 0.333 e. The molecule has 2 aromatic carbocycles. The van der Waals surface area contributed by atoms with Gasteiger partial charge in [-0.2, -0.15) is 0 Å². The zero-order valence-corrected chi connectivity index (χ0v) is 20.8. The van der Waals surface area contributed by atoms with Gasteiger partial charge in [0.2, 0.25) is 12.5 Å². The van der Waals surface area contributed by atoms with Crippen molar-refractivity contribution in [3.05, 3.63) is 41.0 Å². The van der Waals surface area contributed by atoms with E-state index in [0.717, 1.165) is 11.1 Å². The molecule has 2 aliphatic heterocycles. The third kappa shape index (κ3) is 3.70. The van der Waals surface area contributed by atoms with Crippen LogP contribution in [0.15, 0.2) is 29.8 Å². The number of methoxy groups -OCH3 is 3. The molecule has 3 unspecified atom stereocenters. The molecule has 0 aromatic heterocycles. The summed E-state index contributed by atoms with van der Waals surface area (Å²) in [6.45, 7) is 3.66. The van der Waals surface area contributed by atoms with E-state index in [1.165, 1.54) is 7.11 Å². The molecule has 3 aliphatic rings. The van der Waals surface area contributed by atoms with Crippen LogP contribution < -0.4 is 23.7 Å². The summed E-state index contributed by atoms with van der Waals surface area (Å²) >= 11 is 0. The summed E-state index contributed by atoms with van der Waals surface area (Å²) in [4.78, 5) is 25.9. The molecule has 0 bridgehead atoms. The molecule has 9 nitrogen and oxygen atoms in total. The molecule has 0 spiro atoms. The van der Waals surface area contributed by atoms with Crippen LogP contribution in [0.5, 0.6) is 28.7 Å². The van der Waals surface area contributed by atoms with Gasteiger partial charge >= 0.3 is 11.9 Å². The van der Waals surface area contributed by atoms with Gasteiger partial charge in [0.25, 0.3) is 0 Å². The van der Waals surface area contributed by atoms with Gasteiger partial charge < -0.3 is 33.2 Å². The summed E-state index contributed by atoms with van der Waals surface area (Å²) in [6, 6.07) is 5.52. The van der Waals surface area contributed by atoms with Gasteiger partial charge in [0.05, 0.1) is 33.9 Å². The summed E-state index contributed by atoms with van der Waals surface area (Å²) in [5.41, 5.74) is 3.36. The Morgan fingerprint density at radius 3 is 2.39 bits per heavy atom. The molecule has 0 saturated carbocycles. The second kappa shape index (κ2) is 9.29. The van der Waals surface area contributed by atoms with Gasteiger partial charge in [0.15, 0.2) is 23.0 Å². The lowest BCUT2D eigenvalue weighted by molar-refractivity contribution is -0.149. The van der Waals surface area contributed by atoms with Gasteiger partial charge in [0.1, 0.15) is 6.10 Å². The fourth-order valence-corrected chi connectivity index (χ4v) is 5.13. The van der Waals surface area contributed by atoms with E-state index in [4.69, 9.17) is 33.2 Å². The number of carbonyl (C=O) groups excluding carboxylic acids is 2. The number of hydrogen-bond donors (Lipinski definition) is 0. The summed E-state index contributed by atoms with van der Waals surface area (Å²) in [5.74, 6) is 0.648. The van der Waals surface area contributed by atoms with Gasteiger partial charge in [-0.15, -0.1) is 0 Å². The molecule has 5 rings (SSSR count). The molecule has 0 amide bonds. The van der Waals surface area contributed by atoms with Crippen LogP contribution in [0.1, 0.15) is 31.1 Å². The molecule has 9 heteroatoms. The Morgan fingerprint density at radius 1 is 1.00 bits per heavy atom. The van der Waals surface area contributed by atoms with E-state index in [9.17, 15) is 9.59 Å². The first-order valence-corrected chi connectivity index (χ1v) is 11.7. The van der Waals surface area contributed by atoms with Crippen LogP contribution in [0.25, 0.3) is 11.1 Å². The highest BCUT2D eigenvalue weighted by molar-refractivity contribution is 5.89. The molecule has 36 heavy (non-hydrogen) atoms. The summed E-state index contributed by atoms with van der Waals surface area (Å²) in [7, 11) is 4.62. The Bertz CT molecular complexity index is 1260. The Balaban J connectivity index is 1.82. The van der Waals surface area contributed by atoms with Gasteiger partial charge in [-0.3, -0.25) is 4.79 Å². The quantitative estimate of drug-likeness (QED) is 0.449. The van der Waals surface area contributed by atoms with Crippen molar-refractivity contribution >= 4 is 11.9 Å². The van der Waals surface area contributed by atoms with Crippen LogP contribution in [-0.4, -0.2) is 46.7 Å². The molecule has 0 radical (unpaired) electrons. The van der Waals surface area contributed by atoms with E-state index in [0.29, 0.717) is 51.9 Å². The van der Waals surface area contributed by atoms with E-state index in [1.54, 1.807) is 34.1 Å². The molecular weight excluding hydrogens is 468 g/mol. The minimum absolute atomic E-state index is 0.0734. The standard InChI is InChI=1S/C27H28O9/c1-6-13(2)26(28)36-23-16-10-20-19(34-12-35-20)9-15(16)22-14(7-17-18(23)11-33-27(17)29)8-21(30-3)24(31-4)25(22)32-5/h6,8-10,17-18,23H,7,11-12H2,1-5H3. The molecule has 1 aliphatic carbocycles. The first kappa shape index (κ1) is 23.8. The molecule has 3 atom stereocenters. The van der Waals surface area contributed by atoms with Crippen LogP contribution in [0.3, 0.4) is 0 Å². The van der Waals surface area contributed by atoms with Gasteiger partial charge in [0, 0.05) is 22.6 Å². The number of allylic oxidation sites excluding steroid dienone is 1. The van der Waals surface area contributed by atoms with Gasteiger partial charge in [-0.1, -0.05) is 6.08 Å². The van der Waals surface area contributed by atoms with Crippen molar-refractivity contribution in [3.63, 3.8) is 0 Å². The summed E-state index contributed by atoms with van der Waals surface area (Å²) in [5, 5.41) is 0. The van der Waals surface area contributed by atoms with E-state index >= 15 is 0 Å². The molecule has 0 N–H and O–H groups in total. The lowest BCUT2D eigenvalue weighted by atomic mass is 9.76. The van der Waals surface area contributed by atoms with Crippen LogP contribution in [-0.2, 0) is 25.5 Å². The Morgan fingerprint density at radius 2 is 1.72 bits per heavy atom. The number of carbonyl (C=O) groups is 2. The zero-order valence-electron chi connectivity index (χ0n) is 20.8. The van der Waals surface area contributed by atoms with Crippen molar-refractivity contribution in [3.8, 4) is 39.9 Å². The second-order valence-electron chi connectivity index (χ2n) is 8.87. The second-order valence-corrected chi connectivity index (χ2v) is 8.87. The monoisotopic (exact) mass is 496 g/mol. The SMILES string of the molecule is CC=C(C)C(=O)OC1c2cc3c(cc2-c2c(cc(OC)c(OC)c2OC)CC2C(=O)OCC21)OCO3. The van der Waals surface area contributed by atoms with Crippen molar-refractivity contribution < 1.29 is 42.7 Å². The summed E-state index contributed by atoms with van der Waals surface area (Å²) in [6.07, 6.45) is 1.24. The maximum absolute atomic E-state index is 13.0. The van der Waals surface area contributed by atoms with Crippen LogP contribution in [0, 0.1) is 11.8 Å². The average molecular weight is 497 g/mol. The number of rotatable bonds is 5. The van der Waals surface area contributed by atoms with Crippen LogP contribution in [0.2, 0.25) is 0 Å². The largest absolute Gasteiger partial charge is 0.493 e. The third-order valence-corrected chi connectivity index (χ3v) is 7.09. The van der Waals surface area contributed by atoms with E-state index in [2.05, 4.69) is 0 Å².